The highest BCUT2D eigenvalue weighted by Gasteiger charge is 2.20. The Morgan fingerprint density at radius 1 is 0.458 bits per heavy atom. The topological polar surface area (TPSA) is 56.7 Å². The number of thiophene rings is 1. The average molecular weight is 775 g/mol. The first kappa shape index (κ1) is 33.7. The number of rotatable bonds is 7. The number of fused-ring (bicyclic) bond motifs is 9. The summed E-state index contributed by atoms with van der Waals surface area (Å²) in [5.41, 5.74) is 10.7. The molecule has 12 rings (SSSR count). The molecule has 4 aromatic heterocycles. The summed E-state index contributed by atoms with van der Waals surface area (Å²) < 4.78 is 11.8. The van der Waals surface area contributed by atoms with Crippen LogP contribution in [0, 0.1) is 0 Å². The van der Waals surface area contributed by atoms with E-state index in [1.165, 1.54) is 53.1 Å². The Morgan fingerprint density at radius 3 is 1.76 bits per heavy atom. The molecule has 59 heavy (non-hydrogen) atoms. The molecular weight excluding hydrogens is 741 g/mol. The van der Waals surface area contributed by atoms with Crippen molar-refractivity contribution in [1.29, 1.82) is 0 Å². The van der Waals surface area contributed by atoms with E-state index in [1.54, 1.807) is 0 Å². The van der Waals surface area contributed by atoms with Gasteiger partial charge in [-0.25, -0.2) is 15.0 Å². The summed E-state index contributed by atoms with van der Waals surface area (Å²) in [5.74, 6) is 2.16. The number of aromatic nitrogens is 4. The zero-order valence-corrected chi connectivity index (χ0v) is 32.7. The number of hydrogen-bond acceptors (Lipinski definition) is 5. The summed E-state index contributed by atoms with van der Waals surface area (Å²) in [5, 5.41) is 7.25. The van der Waals surface area contributed by atoms with E-state index in [0.29, 0.717) is 18.1 Å². The molecule has 0 aliphatic heterocycles. The van der Waals surface area contributed by atoms with Gasteiger partial charge in [0.25, 0.3) is 0 Å². The highest BCUT2D eigenvalue weighted by molar-refractivity contribution is 7.26. The first-order valence-corrected chi connectivity index (χ1v) is 20.8. The number of furan rings is 1. The molecule has 0 amide bonds. The fraction of sp³-hybridized carbons (Fsp3) is 0.0377. The standard InChI is InChI=1S/C53H34N4OS/c1-3-14-34(15-4-1)52-54-48(55-53(56-52)35-16-5-2-6-17-35)31-28-33-18-11-26-46-49(33)50-40(21-13-27-47(50)59-46)42-23-12-22-41-39-30-29-36(32-45(39)58-51(41)42)57-43-24-9-7-19-37(43)38-20-8-10-25-44(38)57/h1-27,29-30,32H,28,31H2. The Hall–Kier alpha value is -7.41. The van der Waals surface area contributed by atoms with Gasteiger partial charge >= 0.3 is 0 Å². The lowest BCUT2D eigenvalue weighted by Crippen LogP contribution is -2.05. The maximum absolute atomic E-state index is 6.94. The first-order valence-electron chi connectivity index (χ1n) is 20.0. The normalized spacial score (nSPS) is 11.9. The van der Waals surface area contributed by atoms with Gasteiger partial charge in [0.05, 0.1) is 11.0 Å². The monoisotopic (exact) mass is 774 g/mol. The van der Waals surface area contributed by atoms with Crippen LogP contribution in [0.3, 0.4) is 0 Å². The highest BCUT2D eigenvalue weighted by Crippen LogP contribution is 2.45. The van der Waals surface area contributed by atoms with Crippen LogP contribution >= 0.6 is 11.3 Å². The minimum atomic E-state index is 0.675. The Morgan fingerprint density at radius 2 is 1.05 bits per heavy atom. The minimum Gasteiger partial charge on any atom is -0.455 e. The van der Waals surface area contributed by atoms with Crippen molar-refractivity contribution in [3.63, 3.8) is 0 Å². The van der Waals surface area contributed by atoms with Gasteiger partial charge in [0.2, 0.25) is 0 Å². The summed E-state index contributed by atoms with van der Waals surface area (Å²) in [6.07, 6.45) is 1.46. The molecule has 0 N–H and O–H groups in total. The Kier molecular flexibility index (Phi) is 7.78. The predicted molar refractivity (Wildman–Crippen MR) is 244 cm³/mol. The van der Waals surface area contributed by atoms with E-state index in [0.717, 1.165) is 56.6 Å². The van der Waals surface area contributed by atoms with Crippen LogP contribution in [0.1, 0.15) is 11.4 Å². The van der Waals surface area contributed by atoms with Gasteiger partial charge in [-0.05, 0) is 53.9 Å². The predicted octanol–water partition coefficient (Wildman–Crippen LogP) is 14.0. The van der Waals surface area contributed by atoms with Gasteiger partial charge in [-0.3, -0.25) is 0 Å². The Labute approximate surface area is 343 Å². The van der Waals surface area contributed by atoms with Gasteiger partial charge in [0.15, 0.2) is 11.6 Å². The molecule has 5 nitrogen and oxygen atoms in total. The van der Waals surface area contributed by atoms with Crippen molar-refractivity contribution in [2.45, 2.75) is 12.8 Å². The van der Waals surface area contributed by atoms with Crippen LogP contribution in [0.5, 0.6) is 0 Å². The number of aryl methyl sites for hydroxylation is 2. The Bertz CT molecular complexity index is 3450. The number of benzene rings is 8. The van der Waals surface area contributed by atoms with E-state index >= 15 is 0 Å². The Balaban J connectivity index is 0.974. The molecule has 0 saturated carbocycles. The van der Waals surface area contributed by atoms with Crippen molar-refractivity contribution in [2.24, 2.45) is 0 Å². The van der Waals surface area contributed by atoms with E-state index in [1.807, 2.05) is 47.7 Å². The van der Waals surface area contributed by atoms with Crippen molar-refractivity contribution in [3.05, 3.63) is 193 Å². The van der Waals surface area contributed by atoms with Crippen molar-refractivity contribution in [3.8, 4) is 39.6 Å². The van der Waals surface area contributed by atoms with Crippen LogP contribution in [0.25, 0.3) is 104 Å². The summed E-state index contributed by atoms with van der Waals surface area (Å²) in [6, 6.07) is 64.2. The zero-order valence-electron chi connectivity index (χ0n) is 31.8. The molecule has 12 aromatic rings. The second-order valence-corrected chi connectivity index (χ2v) is 16.1. The van der Waals surface area contributed by atoms with Gasteiger partial charge in [-0.1, -0.05) is 140 Å². The summed E-state index contributed by atoms with van der Waals surface area (Å²) in [6.45, 7) is 0. The first-order chi connectivity index (χ1) is 29.2. The molecule has 0 atom stereocenters. The van der Waals surface area contributed by atoms with Gasteiger partial charge in [0.1, 0.15) is 17.0 Å². The maximum Gasteiger partial charge on any atom is 0.163 e. The lowest BCUT2D eigenvalue weighted by Gasteiger charge is -2.10. The smallest absolute Gasteiger partial charge is 0.163 e. The molecule has 0 aliphatic rings. The third-order valence-electron chi connectivity index (χ3n) is 11.6. The SMILES string of the molecule is c1ccc(-c2nc(CCc3cccc4sc5cccc(-c6cccc7c6oc6cc(-n8c9ccccc9c9ccccc98)ccc67)c5c34)nc(-c3ccccc3)n2)cc1. The highest BCUT2D eigenvalue weighted by atomic mass is 32.1. The molecule has 8 aromatic carbocycles. The van der Waals surface area contributed by atoms with Gasteiger partial charge in [0, 0.05) is 76.6 Å². The molecule has 0 unspecified atom stereocenters. The largest absolute Gasteiger partial charge is 0.455 e. The fourth-order valence-corrected chi connectivity index (χ4v) is 10.1. The zero-order chi connectivity index (χ0) is 38.9. The van der Waals surface area contributed by atoms with Crippen molar-refractivity contribution < 1.29 is 4.42 Å². The van der Waals surface area contributed by atoms with Crippen LogP contribution in [0.15, 0.2) is 186 Å². The molecule has 0 radical (unpaired) electrons. The molecule has 4 heterocycles. The van der Waals surface area contributed by atoms with Crippen molar-refractivity contribution >= 4 is 75.3 Å². The third kappa shape index (κ3) is 5.56. The van der Waals surface area contributed by atoms with Gasteiger partial charge in [-0.15, -0.1) is 11.3 Å². The summed E-state index contributed by atoms with van der Waals surface area (Å²) in [4.78, 5) is 14.9. The molecule has 0 saturated heterocycles. The van der Waals surface area contributed by atoms with E-state index in [2.05, 4.69) is 150 Å². The molecule has 0 bridgehead atoms. The maximum atomic E-state index is 6.94. The average Bonchev–Trinajstić information content (AvgIpc) is 3.98. The van der Waals surface area contributed by atoms with Crippen molar-refractivity contribution in [1.82, 2.24) is 19.5 Å². The van der Waals surface area contributed by atoms with Crippen LogP contribution in [-0.2, 0) is 12.8 Å². The third-order valence-corrected chi connectivity index (χ3v) is 12.7. The van der Waals surface area contributed by atoms with Crippen molar-refractivity contribution in [2.75, 3.05) is 0 Å². The van der Waals surface area contributed by atoms with Crippen LogP contribution < -0.4 is 0 Å². The van der Waals surface area contributed by atoms with E-state index in [9.17, 15) is 0 Å². The van der Waals surface area contributed by atoms with E-state index in [-0.39, 0.29) is 0 Å². The second-order valence-electron chi connectivity index (χ2n) is 15.0. The second kappa shape index (κ2) is 13.6. The quantitative estimate of drug-likeness (QED) is 0.162. The lowest BCUT2D eigenvalue weighted by atomic mass is 9.95. The number of nitrogens with zero attached hydrogens (tertiary/aromatic N) is 4. The van der Waals surface area contributed by atoms with E-state index in [4.69, 9.17) is 19.4 Å². The molecule has 0 aliphatic carbocycles. The molecule has 0 spiro atoms. The lowest BCUT2D eigenvalue weighted by molar-refractivity contribution is 0.670. The van der Waals surface area contributed by atoms with Gasteiger partial charge in [-0.2, -0.15) is 0 Å². The summed E-state index contributed by atoms with van der Waals surface area (Å²) in [7, 11) is 0. The molecule has 278 valence electrons. The number of para-hydroxylation sites is 3. The van der Waals surface area contributed by atoms with E-state index < -0.39 is 0 Å². The molecule has 0 fully saturated rings. The minimum absolute atomic E-state index is 0.675. The van der Waals surface area contributed by atoms with Crippen LogP contribution in [-0.4, -0.2) is 19.5 Å². The number of hydrogen-bond donors (Lipinski definition) is 0. The summed E-state index contributed by atoms with van der Waals surface area (Å²) >= 11 is 1.84. The molecular formula is C53H34N4OS. The van der Waals surface area contributed by atoms with Gasteiger partial charge < -0.3 is 8.98 Å². The van der Waals surface area contributed by atoms with Crippen LogP contribution in [0.2, 0.25) is 0 Å². The molecule has 6 heteroatoms. The fourth-order valence-electron chi connectivity index (χ4n) is 8.92. The van der Waals surface area contributed by atoms with Crippen LogP contribution in [0.4, 0.5) is 0 Å².